The third-order valence-corrected chi connectivity index (χ3v) is 2.66. The molecule has 1 aliphatic carbocycles. The molecule has 0 spiro atoms. The van der Waals surface area contributed by atoms with Gasteiger partial charge in [-0.15, -0.1) is 0 Å². The summed E-state index contributed by atoms with van der Waals surface area (Å²) in [6, 6.07) is 9.08. The summed E-state index contributed by atoms with van der Waals surface area (Å²) in [5.41, 5.74) is 2.59. The standard InChI is InChI=1S/C12H17NO/c14-8-7-10-3-1-2-4-11(10)9-13-12-5-6-12/h1-4,12-14H,5-9H2. The molecule has 2 nitrogen and oxygen atoms in total. The Bertz CT molecular complexity index is 294. The fraction of sp³-hybridized carbons (Fsp3) is 0.500. The molecule has 0 saturated heterocycles. The van der Waals surface area contributed by atoms with Gasteiger partial charge in [0.2, 0.25) is 0 Å². The smallest absolute Gasteiger partial charge is 0.0471 e. The van der Waals surface area contributed by atoms with Gasteiger partial charge in [0.15, 0.2) is 0 Å². The van der Waals surface area contributed by atoms with Gasteiger partial charge in [-0.1, -0.05) is 24.3 Å². The number of nitrogens with one attached hydrogen (secondary N) is 1. The van der Waals surface area contributed by atoms with Crippen LogP contribution in [0.2, 0.25) is 0 Å². The molecule has 0 bridgehead atoms. The Balaban J connectivity index is 1.97. The molecule has 1 saturated carbocycles. The average molecular weight is 191 g/mol. The van der Waals surface area contributed by atoms with Gasteiger partial charge >= 0.3 is 0 Å². The first-order chi connectivity index (χ1) is 6.90. The van der Waals surface area contributed by atoms with Crippen LogP contribution in [0, 0.1) is 0 Å². The molecule has 2 heteroatoms. The van der Waals surface area contributed by atoms with Crippen molar-refractivity contribution in [2.45, 2.75) is 31.8 Å². The van der Waals surface area contributed by atoms with Gasteiger partial charge in [0.1, 0.15) is 0 Å². The fourth-order valence-corrected chi connectivity index (χ4v) is 1.64. The molecule has 0 heterocycles. The summed E-state index contributed by atoms with van der Waals surface area (Å²) in [4.78, 5) is 0. The van der Waals surface area contributed by atoms with Gasteiger partial charge in [-0.25, -0.2) is 0 Å². The molecule has 1 aliphatic rings. The Labute approximate surface area is 85.0 Å². The molecule has 14 heavy (non-hydrogen) atoms. The fourth-order valence-electron chi connectivity index (χ4n) is 1.64. The molecule has 76 valence electrons. The van der Waals surface area contributed by atoms with E-state index >= 15 is 0 Å². The van der Waals surface area contributed by atoms with E-state index in [-0.39, 0.29) is 6.61 Å². The van der Waals surface area contributed by atoms with Crippen molar-refractivity contribution in [1.29, 1.82) is 0 Å². The number of aliphatic hydroxyl groups excluding tert-OH is 1. The Hall–Kier alpha value is -0.860. The first-order valence-electron chi connectivity index (χ1n) is 5.31. The van der Waals surface area contributed by atoms with Gasteiger partial charge in [0.05, 0.1) is 0 Å². The molecule has 1 aromatic rings. The molecular formula is C12H17NO. The van der Waals surface area contributed by atoms with E-state index in [4.69, 9.17) is 5.11 Å². The summed E-state index contributed by atoms with van der Waals surface area (Å²) in [5.74, 6) is 0. The second-order valence-corrected chi connectivity index (χ2v) is 3.90. The van der Waals surface area contributed by atoms with Crippen LogP contribution in [0.5, 0.6) is 0 Å². The van der Waals surface area contributed by atoms with E-state index in [1.54, 1.807) is 0 Å². The van der Waals surface area contributed by atoms with Crippen molar-refractivity contribution in [2.24, 2.45) is 0 Å². The van der Waals surface area contributed by atoms with E-state index < -0.39 is 0 Å². The largest absolute Gasteiger partial charge is 0.396 e. The SMILES string of the molecule is OCCc1ccccc1CNC1CC1. The Kier molecular flexibility index (Phi) is 3.17. The molecule has 0 unspecified atom stereocenters. The minimum Gasteiger partial charge on any atom is -0.396 e. The van der Waals surface area contributed by atoms with Crippen molar-refractivity contribution in [1.82, 2.24) is 5.32 Å². The zero-order valence-corrected chi connectivity index (χ0v) is 8.37. The molecule has 2 rings (SSSR count). The van der Waals surface area contributed by atoms with E-state index in [0.717, 1.165) is 19.0 Å². The van der Waals surface area contributed by atoms with Crippen LogP contribution in [0.3, 0.4) is 0 Å². The van der Waals surface area contributed by atoms with Crippen LogP contribution in [-0.2, 0) is 13.0 Å². The number of rotatable bonds is 5. The summed E-state index contributed by atoms with van der Waals surface area (Å²) in [6.45, 7) is 1.18. The number of benzene rings is 1. The van der Waals surface area contributed by atoms with Crippen LogP contribution >= 0.6 is 0 Å². The monoisotopic (exact) mass is 191 g/mol. The zero-order chi connectivity index (χ0) is 9.80. The van der Waals surface area contributed by atoms with E-state index in [0.29, 0.717) is 0 Å². The van der Waals surface area contributed by atoms with Gasteiger partial charge < -0.3 is 10.4 Å². The normalized spacial score (nSPS) is 15.8. The first kappa shape index (κ1) is 9.69. The van der Waals surface area contributed by atoms with Crippen LogP contribution in [0.15, 0.2) is 24.3 Å². The highest BCUT2D eigenvalue weighted by Gasteiger charge is 2.20. The lowest BCUT2D eigenvalue weighted by molar-refractivity contribution is 0.299. The third kappa shape index (κ3) is 2.56. The highest BCUT2D eigenvalue weighted by molar-refractivity contribution is 5.27. The molecule has 2 N–H and O–H groups in total. The number of hydrogen-bond acceptors (Lipinski definition) is 2. The molecule has 1 aromatic carbocycles. The second-order valence-electron chi connectivity index (χ2n) is 3.90. The average Bonchev–Trinajstić information content (AvgIpc) is 3.01. The molecule has 0 atom stereocenters. The van der Waals surface area contributed by atoms with E-state index in [2.05, 4.69) is 23.5 Å². The third-order valence-electron chi connectivity index (χ3n) is 2.66. The zero-order valence-electron chi connectivity index (χ0n) is 8.37. The molecule has 0 radical (unpaired) electrons. The van der Waals surface area contributed by atoms with Gasteiger partial charge in [-0.3, -0.25) is 0 Å². The highest BCUT2D eigenvalue weighted by Crippen LogP contribution is 2.20. The quantitative estimate of drug-likeness (QED) is 0.738. The summed E-state index contributed by atoms with van der Waals surface area (Å²) in [5, 5.41) is 12.4. The predicted octanol–water partition coefficient (Wildman–Crippen LogP) is 1.47. The van der Waals surface area contributed by atoms with Crippen LogP contribution in [0.1, 0.15) is 24.0 Å². The van der Waals surface area contributed by atoms with E-state index in [1.165, 1.54) is 24.0 Å². The van der Waals surface area contributed by atoms with Crippen molar-refractivity contribution in [3.63, 3.8) is 0 Å². The summed E-state index contributed by atoms with van der Waals surface area (Å²) in [6.07, 6.45) is 3.41. The van der Waals surface area contributed by atoms with Gasteiger partial charge in [0.25, 0.3) is 0 Å². The molecular weight excluding hydrogens is 174 g/mol. The van der Waals surface area contributed by atoms with Gasteiger partial charge in [-0.2, -0.15) is 0 Å². The van der Waals surface area contributed by atoms with Crippen molar-refractivity contribution in [3.05, 3.63) is 35.4 Å². The minimum atomic E-state index is 0.237. The summed E-state index contributed by atoms with van der Waals surface area (Å²) < 4.78 is 0. The maximum atomic E-state index is 8.91. The Morgan fingerprint density at radius 2 is 1.93 bits per heavy atom. The van der Waals surface area contributed by atoms with Gasteiger partial charge in [0, 0.05) is 19.2 Å². The topological polar surface area (TPSA) is 32.3 Å². The summed E-state index contributed by atoms with van der Waals surface area (Å²) in [7, 11) is 0. The molecule has 0 aliphatic heterocycles. The lowest BCUT2D eigenvalue weighted by Gasteiger charge is -2.08. The predicted molar refractivity (Wildman–Crippen MR) is 57.1 cm³/mol. The van der Waals surface area contributed by atoms with Crippen LogP contribution in [0.25, 0.3) is 0 Å². The first-order valence-corrected chi connectivity index (χ1v) is 5.31. The van der Waals surface area contributed by atoms with Crippen LogP contribution < -0.4 is 5.32 Å². The van der Waals surface area contributed by atoms with Gasteiger partial charge in [-0.05, 0) is 30.4 Å². The second kappa shape index (κ2) is 4.58. The Morgan fingerprint density at radius 1 is 1.21 bits per heavy atom. The highest BCUT2D eigenvalue weighted by atomic mass is 16.2. The molecule has 1 fully saturated rings. The van der Waals surface area contributed by atoms with E-state index in [9.17, 15) is 0 Å². The van der Waals surface area contributed by atoms with Crippen molar-refractivity contribution in [2.75, 3.05) is 6.61 Å². The lowest BCUT2D eigenvalue weighted by atomic mass is 10.1. The molecule has 0 aromatic heterocycles. The molecule has 0 amide bonds. The maximum Gasteiger partial charge on any atom is 0.0471 e. The van der Waals surface area contributed by atoms with Crippen molar-refractivity contribution >= 4 is 0 Å². The van der Waals surface area contributed by atoms with Crippen molar-refractivity contribution < 1.29 is 5.11 Å². The summed E-state index contributed by atoms with van der Waals surface area (Å²) >= 11 is 0. The maximum absolute atomic E-state index is 8.91. The van der Waals surface area contributed by atoms with Crippen LogP contribution in [0.4, 0.5) is 0 Å². The Morgan fingerprint density at radius 3 is 2.57 bits per heavy atom. The van der Waals surface area contributed by atoms with Crippen LogP contribution in [-0.4, -0.2) is 17.8 Å². The lowest BCUT2D eigenvalue weighted by Crippen LogP contribution is -2.16. The van der Waals surface area contributed by atoms with Crippen molar-refractivity contribution in [3.8, 4) is 0 Å². The van der Waals surface area contributed by atoms with E-state index in [1.807, 2.05) is 6.07 Å². The number of aliphatic hydroxyl groups is 1. The number of hydrogen-bond donors (Lipinski definition) is 2. The minimum absolute atomic E-state index is 0.237.